The van der Waals surface area contributed by atoms with Gasteiger partial charge in [-0.15, -0.1) is 0 Å². The van der Waals surface area contributed by atoms with Crippen molar-refractivity contribution in [1.29, 1.82) is 0 Å². The van der Waals surface area contributed by atoms with Crippen LogP contribution in [0, 0.1) is 0 Å². The van der Waals surface area contributed by atoms with E-state index in [-0.39, 0.29) is 12.5 Å². The van der Waals surface area contributed by atoms with Gasteiger partial charge < -0.3 is 14.7 Å². The monoisotopic (exact) mass is 265 g/mol. The molecule has 5 heteroatoms. The first-order chi connectivity index (χ1) is 9.04. The first-order valence-corrected chi connectivity index (χ1v) is 6.18. The van der Waals surface area contributed by atoms with E-state index >= 15 is 0 Å². The third-order valence-corrected chi connectivity index (χ3v) is 2.69. The Morgan fingerprint density at radius 1 is 1.32 bits per heavy atom. The summed E-state index contributed by atoms with van der Waals surface area (Å²) in [7, 11) is 0. The Morgan fingerprint density at radius 2 is 1.95 bits per heavy atom. The van der Waals surface area contributed by atoms with Crippen LogP contribution in [0.3, 0.4) is 0 Å². The minimum atomic E-state index is -1.05. The van der Waals surface area contributed by atoms with Crippen molar-refractivity contribution >= 4 is 11.9 Å². The molecule has 0 aliphatic heterocycles. The van der Waals surface area contributed by atoms with Crippen LogP contribution in [0.15, 0.2) is 30.3 Å². The molecule has 19 heavy (non-hydrogen) atoms. The van der Waals surface area contributed by atoms with E-state index in [0.717, 1.165) is 5.56 Å². The zero-order chi connectivity index (χ0) is 14.3. The molecule has 1 atom stereocenters. The molecule has 1 rings (SSSR count). The molecule has 0 radical (unpaired) electrons. The lowest BCUT2D eigenvalue weighted by atomic mass is 10.2. The Morgan fingerprint density at radius 3 is 2.42 bits per heavy atom. The van der Waals surface area contributed by atoms with Crippen molar-refractivity contribution < 1.29 is 19.4 Å². The minimum absolute atomic E-state index is 0.0490. The number of hydrogen-bond donors (Lipinski definition) is 1. The zero-order valence-corrected chi connectivity index (χ0v) is 11.2. The number of carboxylic acids is 1. The van der Waals surface area contributed by atoms with E-state index in [1.165, 1.54) is 11.8 Å². The number of benzene rings is 1. The number of carbonyl (C=O) groups is 2. The highest BCUT2D eigenvalue weighted by Gasteiger charge is 2.22. The predicted octanol–water partition coefficient (Wildman–Crippen LogP) is 1.52. The van der Waals surface area contributed by atoms with Gasteiger partial charge in [-0.05, 0) is 12.5 Å². The van der Waals surface area contributed by atoms with Crippen LogP contribution in [0.25, 0.3) is 0 Å². The second kappa shape index (κ2) is 7.53. The summed E-state index contributed by atoms with van der Waals surface area (Å²) in [6, 6.07) is 9.44. The van der Waals surface area contributed by atoms with Crippen molar-refractivity contribution in [3.8, 4) is 0 Å². The van der Waals surface area contributed by atoms with Gasteiger partial charge in [0.2, 0.25) is 5.91 Å². The number of aliphatic carboxylic acids is 1. The third-order valence-electron chi connectivity index (χ3n) is 2.69. The maximum atomic E-state index is 11.6. The van der Waals surface area contributed by atoms with Crippen molar-refractivity contribution in [2.24, 2.45) is 0 Å². The van der Waals surface area contributed by atoms with E-state index in [1.807, 2.05) is 30.3 Å². The summed E-state index contributed by atoms with van der Waals surface area (Å²) in [6.45, 7) is 3.88. The highest BCUT2D eigenvalue weighted by atomic mass is 16.5. The topological polar surface area (TPSA) is 66.8 Å². The molecule has 0 saturated carbocycles. The summed E-state index contributed by atoms with van der Waals surface area (Å²) in [6.07, 6.45) is -0.988. The van der Waals surface area contributed by atoms with Crippen molar-refractivity contribution in [3.05, 3.63) is 35.9 Å². The van der Waals surface area contributed by atoms with Crippen molar-refractivity contribution in [3.63, 3.8) is 0 Å². The Hall–Kier alpha value is -1.88. The van der Waals surface area contributed by atoms with Crippen molar-refractivity contribution in [2.75, 3.05) is 13.2 Å². The van der Waals surface area contributed by atoms with E-state index in [1.54, 1.807) is 6.92 Å². The van der Waals surface area contributed by atoms with Crippen LogP contribution >= 0.6 is 0 Å². The van der Waals surface area contributed by atoms with Crippen LogP contribution in [0.4, 0.5) is 0 Å². The van der Waals surface area contributed by atoms with Gasteiger partial charge in [0.1, 0.15) is 0 Å². The first-order valence-electron chi connectivity index (χ1n) is 6.18. The largest absolute Gasteiger partial charge is 0.479 e. The van der Waals surface area contributed by atoms with Crippen LogP contribution in [0.1, 0.15) is 19.4 Å². The molecule has 0 aliphatic carbocycles. The van der Waals surface area contributed by atoms with Gasteiger partial charge in [0.15, 0.2) is 6.10 Å². The van der Waals surface area contributed by atoms with Gasteiger partial charge in [-0.3, -0.25) is 4.79 Å². The minimum Gasteiger partial charge on any atom is -0.479 e. The van der Waals surface area contributed by atoms with Crippen molar-refractivity contribution in [2.45, 2.75) is 26.5 Å². The summed E-state index contributed by atoms with van der Waals surface area (Å²) in [4.78, 5) is 24.1. The molecule has 0 spiro atoms. The smallest absolute Gasteiger partial charge is 0.334 e. The average molecular weight is 265 g/mol. The molecule has 1 amide bonds. The number of carbonyl (C=O) groups excluding carboxylic acids is 1. The van der Waals surface area contributed by atoms with E-state index < -0.39 is 12.1 Å². The molecular weight excluding hydrogens is 246 g/mol. The van der Waals surface area contributed by atoms with Crippen LogP contribution < -0.4 is 0 Å². The highest BCUT2D eigenvalue weighted by molar-refractivity contribution is 5.76. The van der Waals surface area contributed by atoms with Crippen LogP contribution in [0.5, 0.6) is 0 Å². The Balaban J connectivity index is 2.72. The first kappa shape index (κ1) is 15.2. The van der Waals surface area contributed by atoms with Crippen molar-refractivity contribution in [1.82, 2.24) is 4.90 Å². The van der Waals surface area contributed by atoms with Gasteiger partial charge in [-0.25, -0.2) is 4.79 Å². The quantitative estimate of drug-likeness (QED) is 0.811. The molecule has 0 aliphatic rings. The van der Waals surface area contributed by atoms with Gasteiger partial charge in [0, 0.05) is 20.1 Å². The van der Waals surface area contributed by atoms with Gasteiger partial charge >= 0.3 is 5.97 Å². The van der Waals surface area contributed by atoms with Gasteiger partial charge in [-0.2, -0.15) is 0 Å². The second-order valence-electron chi connectivity index (χ2n) is 4.17. The Kier molecular flexibility index (Phi) is 6.02. The predicted molar refractivity (Wildman–Crippen MR) is 70.6 cm³/mol. The molecule has 0 heterocycles. The van der Waals surface area contributed by atoms with Crippen LogP contribution in [0.2, 0.25) is 0 Å². The van der Waals surface area contributed by atoms with Crippen LogP contribution in [-0.4, -0.2) is 41.1 Å². The summed E-state index contributed by atoms with van der Waals surface area (Å²) in [5.41, 5.74) is 0.957. The van der Waals surface area contributed by atoms with E-state index in [4.69, 9.17) is 9.84 Å². The summed E-state index contributed by atoms with van der Waals surface area (Å²) >= 11 is 0. The van der Waals surface area contributed by atoms with Crippen LogP contribution in [-0.2, 0) is 20.9 Å². The molecule has 1 N–H and O–H groups in total. The summed E-state index contributed by atoms with van der Waals surface area (Å²) < 4.78 is 5.13. The van der Waals surface area contributed by atoms with Gasteiger partial charge in [0.05, 0.1) is 6.54 Å². The number of hydrogen-bond acceptors (Lipinski definition) is 3. The van der Waals surface area contributed by atoms with Gasteiger partial charge in [-0.1, -0.05) is 30.3 Å². The lowest BCUT2D eigenvalue weighted by Gasteiger charge is -2.24. The number of carboxylic acid groups (broad SMARTS) is 1. The maximum Gasteiger partial charge on any atom is 0.334 e. The van der Waals surface area contributed by atoms with E-state index in [9.17, 15) is 9.59 Å². The molecule has 0 bridgehead atoms. The molecule has 0 saturated heterocycles. The Labute approximate surface area is 112 Å². The summed E-state index contributed by atoms with van der Waals surface area (Å²) in [5, 5.41) is 9.04. The highest BCUT2D eigenvalue weighted by Crippen LogP contribution is 2.07. The SMILES string of the molecule is CCOC(CN(Cc1ccccc1)C(C)=O)C(=O)O. The maximum absolute atomic E-state index is 11.6. The summed E-state index contributed by atoms with van der Waals surface area (Å²) in [5.74, 6) is -1.23. The van der Waals surface area contributed by atoms with E-state index in [0.29, 0.717) is 13.2 Å². The Bertz CT molecular complexity index is 419. The number of amides is 1. The fraction of sp³-hybridized carbons (Fsp3) is 0.429. The standard InChI is InChI=1S/C14H19NO4/c1-3-19-13(14(17)18)10-15(11(2)16)9-12-7-5-4-6-8-12/h4-8,13H,3,9-10H2,1-2H3,(H,17,18). The third kappa shape index (κ3) is 5.09. The number of rotatable bonds is 7. The molecule has 5 nitrogen and oxygen atoms in total. The normalized spacial score (nSPS) is 11.9. The molecule has 0 fully saturated rings. The fourth-order valence-corrected chi connectivity index (χ4v) is 1.71. The molecule has 1 aromatic rings. The molecule has 1 unspecified atom stereocenters. The fourth-order valence-electron chi connectivity index (χ4n) is 1.71. The average Bonchev–Trinajstić information content (AvgIpc) is 2.38. The lowest BCUT2D eigenvalue weighted by molar-refractivity contribution is -0.152. The van der Waals surface area contributed by atoms with Gasteiger partial charge in [0.25, 0.3) is 0 Å². The molecule has 104 valence electrons. The number of nitrogens with zero attached hydrogens (tertiary/aromatic N) is 1. The molecule has 0 aromatic heterocycles. The van der Waals surface area contributed by atoms with E-state index in [2.05, 4.69) is 0 Å². The molecular formula is C14H19NO4. The lowest BCUT2D eigenvalue weighted by Crippen LogP contribution is -2.40. The molecule has 1 aromatic carbocycles. The number of ether oxygens (including phenoxy) is 1. The second-order valence-corrected chi connectivity index (χ2v) is 4.17. The zero-order valence-electron chi connectivity index (χ0n) is 11.2.